The summed E-state index contributed by atoms with van der Waals surface area (Å²) in [7, 11) is 0. The predicted octanol–water partition coefficient (Wildman–Crippen LogP) is 12.0. The normalized spacial score (nSPS) is 27.2. The van der Waals surface area contributed by atoms with Crippen molar-refractivity contribution in [1.82, 2.24) is 0 Å². The van der Waals surface area contributed by atoms with Crippen LogP contribution < -0.4 is 24.8 Å². The van der Waals surface area contributed by atoms with Crippen LogP contribution in [-0.2, 0) is 36.2 Å². The summed E-state index contributed by atoms with van der Waals surface area (Å²) in [6, 6.07) is 42.6. The van der Waals surface area contributed by atoms with E-state index < -0.39 is 18.0 Å². The maximum absolute atomic E-state index is 11.4. The van der Waals surface area contributed by atoms with Gasteiger partial charge < -0.3 is 24.8 Å². The molecule has 0 N–H and O–H groups in total. The second-order valence-corrected chi connectivity index (χ2v) is 31.7. The number of hydrogen-bond donors (Lipinski definition) is 0. The van der Waals surface area contributed by atoms with Crippen LogP contribution in [0.3, 0.4) is 0 Å². The maximum Gasteiger partial charge on any atom is -1.00 e. The number of fused-ring (bicyclic) bond motifs is 2. The van der Waals surface area contributed by atoms with E-state index in [9.17, 15) is 13.2 Å². The van der Waals surface area contributed by atoms with Crippen LogP contribution in [0.1, 0.15) is 132 Å². The zero-order valence-corrected chi connectivity index (χ0v) is 46.6. The summed E-state index contributed by atoms with van der Waals surface area (Å²) in [5.41, 5.74) is 10.9. The van der Waals surface area contributed by atoms with Crippen molar-refractivity contribution in [3.8, 4) is 22.3 Å². The van der Waals surface area contributed by atoms with Crippen LogP contribution >= 0.6 is 0 Å². The minimum atomic E-state index is -3.93. The molecule has 8 bridgehead atoms. The molecule has 6 aromatic carbocycles. The minimum absolute atomic E-state index is 0. The van der Waals surface area contributed by atoms with Crippen molar-refractivity contribution >= 4 is 27.0 Å². The Hall–Kier alpha value is -2.43. The molecule has 8 aliphatic carbocycles. The van der Waals surface area contributed by atoms with Gasteiger partial charge >= 0.3 is 67.1 Å². The molecule has 0 atom stereocenters. The molecule has 8 aliphatic rings. The van der Waals surface area contributed by atoms with E-state index in [4.69, 9.17) is 0 Å². The number of hydrogen-bond acceptors (Lipinski definition) is 0. The van der Waals surface area contributed by atoms with Gasteiger partial charge in [-0.05, 0) is 170 Å². The Bertz CT molecular complexity index is 2430. The van der Waals surface area contributed by atoms with Gasteiger partial charge in [0, 0.05) is 0 Å². The second-order valence-electron chi connectivity index (χ2n) is 23.4. The van der Waals surface area contributed by atoms with E-state index in [0.29, 0.717) is 17.9 Å². The van der Waals surface area contributed by atoms with Crippen molar-refractivity contribution in [2.45, 2.75) is 142 Å². The molecule has 0 radical (unpaired) electrons. The Morgan fingerprint density at radius 2 is 0.884 bits per heavy atom. The molecular weight excluding hydrogens is 992 g/mol. The number of benzene rings is 4. The van der Waals surface area contributed by atoms with Crippen LogP contribution in [0, 0.1) is 59.2 Å². The number of halogens is 5. The van der Waals surface area contributed by atoms with Gasteiger partial charge in [-0.25, -0.2) is 0 Å². The summed E-state index contributed by atoms with van der Waals surface area (Å²) in [4.78, 5) is 0. The molecule has 8 saturated carbocycles. The fraction of sp³-hybridized carbons (Fsp3) is 0.516. The van der Waals surface area contributed by atoms with Crippen molar-refractivity contribution in [3.05, 3.63) is 131 Å². The van der Waals surface area contributed by atoms with Gasteiger partial charge in [0.15, 0.2) is 0 Å². The largest absolute Gasteiger partial charge is 1.00 e. The average molecular weight is 1070 g/mol. The average Bonchev–Trinajstić information content (AvgIpc) is 3.92. The van der Waals surface area contributed by atoms with Crippen molar-refractivity contribution in [2.24, 2.45) is 59.2 Å². The van der Waals surface area contributed by atoms with Crippen molar-refractivity contribution in [3.63, 3.8) is 0 Å². The van der Waals surface area contributed by atoms with Crippen LogP contribution in [0.2, 0.25) is 12.6 Å². The van der Waals surface area contributed by atoms with E-state index in [2.05, 4.69) is 137 Å². The van der Waals surface area contributed by atoms with Crippen LogP contribution in [0.5, 0.6) is 0 Å². The SMILES string of the molecule is CC(C)c1ccc(-c2cccc3[cH-]c(CC4C5CC6CC(C5)CC4C6)cc23)cc1.CC(C)c1ccc(-c2cccc3[cH-]c(CC4C5CC6CC(C5)CC4C6)cc23)cc1.C[Si](=[Zr+2])CCC(F)(F)F.[Cl-].[Cl-]. The van der Waals surface area contributed by atoms with Gasteiger partial charge in [0.25, 0.3) is 0 Å². The molecule has 0 aromatic heterocycles. The summed E-state index contributed by atoms with van der Waals surface area (Å²) >= 11 is 1.29. The third-order valence-electron chi connectivity index (χ3n) is 18.0. The third-order valence-corrected chi connectivity index (χ3v) is 20.8. The summed E-state index contributed by atoms with van der Waals surface area (Å²) in [6.07, 6.45) is 13.5. The number of alkyl halides is 3. The molecule has 0 nitrogen and oxygen atoms in total. The zero-order valence-electron chi connectivity index (χ0n) is 41.6. The standard InChI is InChI=1S/2C29H33.C4H7F3Si.2ClH.Zr/c2*1-18(2)22-6-8-23(9-7-22)27-5-3-4-24-11-21(17-29(24)27)16-28-25-12-19-10-20(14-25)15-26(28)13-19;1-8-3-2-4(5,6)7;;;/h2*3-9,11,17-20,25-26,28H,10,12-16H2,1-2H3;2-3H2,1H3;2*1H;/q2*-1;;;;+2/p-2. The summed E-state index contributed by atoms with van der Waals surface area (Å²) in [6.45, 7) is 11.0. The summed E-state index contributed by atoms with van der Waals surface area (Å²) in [5.74, 6) is 11.5. The fourth-order valence-corrected chi connectivity index (χ4v) is 16.6. The molecule has 0 saturated heterocycles. The Morgan fingerprint density at radius 1 is 0.536 bits per heavy atom. The van der Waals surface area contributed by atoms with Crippen LogP contribution in [0.15, 0.2) is 109 Å². The fourth-order valence-electron chi connectivity index (χ4n) is 15.0. The third kappa shape index (κ3) is 12.2. The zero-order chi connectivity index (χ0) is 46.6. The molecule has 0 amide bonds. The van der Waals surface area contributed by atoms with Gasteiger partial charge in [0.1, 0.15) is 0 Å². The van der Waals surface area contributed by atoms with Gasteiger partial charge in [0.2, 0.25) is 0 Å². The van der Waals surface area contributed by atoms with E-state index in [-0.39, 0.29) is 24.8 Å². The van der Waals surface area contributed by atoms with Gasteiger partial charge in [-0.15, -0.1) is 69.1 Å². The molecule has 0 heterocycles. The van der Waals surface area contributed by atoms with Gasteiger partial charge in [-0.1, -0.05) is 99.5 Å². The first-order chi connectivity index (χ1) is 32.2. The summed E-state index contributed by atoms with van der Waals surface area (Å²) in [5, 5.41) is 5.75. The Kier molecular flexibility index (Phi) is 17.1. The molecule has 366 valence electrons. The summed E-state index contributed by atoms with van der Waals surface area (Å²) < 4.78 is 34.3. The van der Waals surface area contributed by atoms with Crippen LogP contribution in [-0.4, -0.2) is 11.6 Å². The first-order valence-corrected chi connectivity index (χ1v) is 32.3. The molecule has 0 unspecified atom stereocenters. The Labute approximate surface area is 439 Å². The van der Waals surface area contributed by atoms with E-state index in [1.807, 2.05) is 6.55 Å². The molecule has 0 aliphatic heterocycles. The van der Waals surface area contributed by atoms with E-state index in [1.54, 1.807) is 24.0 Å². The van der Waals surface area contributed by atoms with Crippen molar-refractivity contribution in [1.29, 1.82) is 0 Å². The first-order valence-electron chi connectivity index (χ1n) is 26.4. The maximum atomic E-state index is 11.4. The molecule has 69 heavy (non-hydrogen) atoms. The topological polar surface area (TPSA) is 0 Å². The van der Waals surface area contributed by atoms with Crippen molar-refractivity contribution < 1.29 is 61.3 Å². The van der Waals surface area contributed by atoms with Gasteiger partial charge in [-0.3, -0.25) is 0 Å². The van der Waals surface area contributed by atoms with E-state index in [1.165, 1.54) is 142 Å². The predicted molar refractivity (Wildman–Crippen MR) is 274 cm³/mol. The van der Waals surface area contributed by atoms with E-state index >= 15 is 0 Å². The van der Waals surface area contributed by atoms with E-state index in [0.717, 1.165) is 59.2 Å². The number of rotatable bonds is 10. The molecule has 7 heteroatoms. The quantitative estimate of drug-likeness (QED) is 0.0947. The van der Waals surface area contributed by atoms with Crippen LogP contribution in [0.25, 0.3) is 43.8 Å². The molecule has 14 rings (SSSR count). The molecule has 0 spiro atoms. The molecule has 6 aromatic rings. The monoisotopic (exact) mass is 1060 g/mol. The van der Waals surface area contributed by atoms with Gasteiger partial charge in [0.05, 0.1) is 0 Å². The molecule has 8 fully saturated rings. The second kappa shape index (κ2) is 22.4. The van der Waals surface area contributed by atoms with Crippen molar-refractivity contribution in [2.75, 3.05) is 0 Å². The van der Waals surface area contributed by atoms with Crippen LogP contribution in [0.4, 0.5) is 13.2 Å². The first kappa shape index (κ1) is 52.9. The Balaban J connectivity index is 0.000000155. The van der Waals surface area contributed by atoms with Gasteiger partial charge in [-0.2, -0.15) is 12.1 Å². The smallest absolute Gasteiger partial charge is 1.00 e. The molecular formula is C62H73Cl2F3SiZr-2. The minimum Gasteiger partial charge on any atom is -1.00 e. The Morgan fingerprint density at radius 3 is 1.17 bits per heavy atom.